The van der Waals surface area contributed by atoms with E-state index in [1.54, 1.807) is 42.3 Å². The highest BCUT2D eigenvalue weighted by molar-refractivity contribution is 5.95. The highest BCUT2D eigenvalue weighted by Gasteiger charge is 2.22. The van der Waals surface area contributed by atoms with E-state index in [0.29, 0.717) is 35.8 Å². The Morgan fingerprint density at radius 1 is 1.16 bits per heavy atom. The van der Waals surface area contributed by atoms with Crippen molar-refractivity contribution in [3.05, 3.63) is 63.7 Å². The summed E-state index contributed by atoms with van der Waals surface area (Å²) in [4.78, 5) is 24.8. The number of rotatable bonds is 4. The quantitative estimate of drug-likeness (QED) is 0.629. The van der Waals surface area contributed by atoms with Crippen molar-refractivity contribution < 1.29 is 19.2 Å². The van der Waals surface area contributed by atoms with Gasteiger partial charge < -0.3 is 14.4 Å². The van der Waals surface area contributed by atoms with E-state index in [4.69, 9.17) is 9.47 Å². The average molecular weight is 342 g/mol. The summed E-state index contributed by atoms with van der Waals surface area (Å²) in [6.07, 6.45) is 0. The van der Waals surface area contributed by atoms with Crippen LogP contribution in [0.25, 0.3) is 0 Å². The van der Waals surface area contributed by atoms with E-state index in [0.717, 1.165) is 0 Å². The number of hydrogen-bond donors (Lipinski definition) is 0. The summed E-state index contributed by atoms with van der Waals surface area (Å²) in [5.74, 6) is 0.974. The highest BCUT2D eigenvalue weighted by Crippen LogP contribution is 2.32. The van der Waals surface area contributed by atoms with Crippen molar-refractivity contribution in [2.24, 2.45) is 0 Å². The second kappa shape index (κ2) is 6.80. The molecule has 130 valence electrons. The molecule has 1 aliphatic rings. The first kappa shape index (κ1) is 16.8. The molecule has 25 heavy (non-hydrogen) atoms. The summed E-state index contributed by atoms with van der Waals surface area (Å²) < 4.78 is 11.0. The van der Waals surface area contributed by atoms with Gasteiger partial charge in [-0.3, -0.25) is 14.9 Å². The first-order valence-electron chi connectivity index (χ1n) is 7.88. The molecule has 0 saturated carbocycles. The van der Waals surface area contributed by atoms with Gasteiger partial charge in [-0.2, -0.15) is 0 Å². The van der Waals surface area contributed by atoms with Gasteiger partial charge in [0.2, 0.25) is 0 Å². The standard InChI is InChI=1S/C18H18N2O5/c1-12(13-4-3-5-15(10-13)20(22)23)19(2)18(21)14-6-7-16-17(11-14)25-9-8-24-16/h3-7,10-12H,8-9H2,1-2H3/t12-/m1/s1. The predicted molar refractivity (Wildman–Crippen MR) is 91.0 cm³/mol. The van der Waals surface area contributed by atoms with Gasteiger partial charge in [-0.1, -0.05) is 12.1 Å². The maximum absolute atomic E-state index is 12.8. The molecule has 7 nitrogen and oxygen atoms in total. The summed E-state index contributed by atoms with van der Waals surface area (Å²) in [7, 11) is 1.67. The van der Waals surface area contributed by atoms with Crippen molar-refractivity contribution in [3.8, 4) is 11.5 Å². The lowest BCUT2D eigenvalue weighted by molar-refractivity contribution is -0.384. The summed E-state index contributed by atoms with van der Waals surface area (Å²) in [5.41, 5.74) is 1.18. The molecule has 0 spiro atoms. The van der Waals surface area contributed by atoms with Crippen molar-refractivity contribution in [2.75, 3.05) is 20.3 Å². The van der Waals surface area contributed by atoms with E-state index >= 15 is 0 Å². The van der Waals surface area contributed by atoms with Crippen LogP contribution in [0.5, 0.6) is 11.5 Å². The Labute approximate surface area is 144 Å². The fourth-order valence-corrected chi connectivity index (χ4v) is 2.68. The van der Waals surface area contributed by atoms with Crippen LogP contribution in [-0.4, -0.2) is 36.0 Å². The van der Waals surface area contributed by atoms with E-state index < -0.39 is 4.92 Å². The van der Waals surface area contributed by atoms with E-state index in [1.165, 1.54) is 12.1 Å². The minimum atomic E-state index is -0.446. The maximum Gasteiger partial charge on any atom is 0.269 e. The van der Waals surface area contributed by atoms with Gasteiger partial charge in [0.15, 0.2) is 11.5 Å². The maximum atomic E-state index is 12.8. The van der Waals surface area contributed by atoms with Crippen LogP contribution in [0, 0.1) is 10.1 Å². The Kier molecular flexibility index (Phi) is 4.56. The lowest BCUT2D eigenvalue weighted by atomic mass is 10.1. The van der Waals surface area contributed by atoms with E-state index in [9.17, 15) is 14.9 Å². The summed E-state index contributed by atoms with van der Waals surface area (Å²) in [5, 5.41) is 10.9. The van der Waals surface area contributed by atoms with Crippen LogP contribution in [0.3, 0.4) is 0 Å². The predicted octanol–water partition coefficient (Wildman–Crippen LogP) is 3.20. The molecule has 0 N–H and O–H groups in total. The van der Waals surface area contributed by atoms with Crippen molar-refractivity contribution >= 4 is 11.6 Å². The topological polar surface area (TPSA) is 81.9 Å². The number of benzene rings is 2. The van der Waals surface area contributed by atoms with Crippen molar-refractivity contribution in [1.29, 1.82) is 0 Å². The Bertz CT molecular complexity index is 821. The largest absolute Gasteiger partial charge is 0.486 e. The van der Waals surface area contributed by atoms with Gasteiger partial charge in [0.05, 0.1) is 11.0 Å². The second-order valence-corrected chi connectivity index (χ2v) is 5.80. The summed E-state index contributed by atoms with van der Waals surface area (Å²) in [6.45, 7) is 2.77. The molecule has 0 aliphatic carbocycles. The van der Waals surface area contributed by atoms with Gasteiger partial charge in [0.25, 0.3) is 11.6 Å². The first-order chi connectivity index (χ1) is 12.0. The Balaban J connectivity index is 1.82. The second-order valence-electron chi connectivity index (χ2n) is 5.80. The summed E-state index contributed by atoms with van der Waals surface area (Å²) >= 11 is 0. The zero-order chi connectivity index (χ0) is 18.0. The lowest BCUT2D eigenvalue weighted by Gasteiger charge is -2.26. The minimum absolute atomic E-state index is 0.00419. The number of fused-ring (bicyclic) bond motifs is 1. The number of ether oxygens (including phenoxy) is 2. The normalized spacial score (nSPS) is 13.8. The third-order valence-electron chi connectivity index (χ3n) is 4.25. The molecule has 0 aromatic heterocycles. The Hall–Kier alpha value is -3.09. The zero-order valence-corrected chi connectivity index (χ0v) is 14.0. The molecule has 0 unspecified atom stereocenters. The number of nitrogens with zero attached hydrogens (tertiary/aromatic N) is 2. The fraction of sp³-hybridized carbons (Fsp3) is 0.278. The third kappa shape index (κ3) is 3.40. The van der Waals surface area contributed by atoms with Crippen LogP contribution in [0.15, 0.2) is 42.5 Å². The number of carbonyl (C=O) groups is 1. The SMILES string of the molecule is C[C@H](c1cccc([N+](=O)[O-])c1)N(C)C(=O)c1ccc2c(c1)OCCO2. The van der Waals surface area contributed by atoms with Gasteiger partial charge in [0.1, 0.15) is 13.2 Å². The number of amides is 1. The van der Waals surface area contributed by atoms with Crippen LogP contribution >= 0.6 is 0 Å². The number of carbonyl (C=O) groups excluding carboxylic acids is 1. The van der Waals surface area contributed by atoms with Crippen molar-refractivity contribution in [2.45, 2.75) is 13.0 Å². The molecule has 2 aromatic carbocycles. The van der Waals surface area contributed by atoms with E-state index in [2.05, 4.69) is 0 Å². The van der Waals surface area contributed by atoms with Gasteiger partial charge in [0, 0.05) is 24.7 Å². The van der Waals surface area contributed by atoms with Gasteiger partial charge in [-0.05, 0) is 30.7 Å². The molecule has 2 aromatic rings. The summed E-state index contributed by atoms with van der Waals surface area (Å²) in [6, 6.07) is 11.0. The molecule has 7 heteroatoms. The lowest BCUT2D eigenvalue weighted by Crippen LogP contribution is -2.29. The number of nitro benzene ring substituents is 1. The van der Waals surface area contributed by atoms with Gasteiger partial charge in [-0.15, -0.1) is 0 Å². The van der Waals surface area contributed by atoms with Crippen LogP contribution < -0.4 is 9.47 Å². The Morgan fingerprint density at radius 3 is 2.60 bits per heavy atom. The number of non-ortho nitro benzene ring substituents is 1. The monoisotopic (exact) mass is 342 g/mol. The van der Waals surface area contributed by atoms with E-state index in [1.807, 2.05) is 6.92 Å². The van der Waals surface area contributed by atoms with E-state index in [-0.39, 0.29) is 17.6 Å². The van der Waals surface area contributed by atoms with Crippen molar-refractivity contribution in [3.63, 3.8) is 0 Å². The smallest absolute Gasteiger partial charge is 0.269 e. The Morgan fingerprint density at radius 2 is 1.88 bits per heavy atom. The van der Waals surface area contributed by atoms with Gasteiger partial charge in [-0.25, -0.2) is 0 Å². The minimum Gasteiger partial charge on any atom is -0.486 e. The highest BCUT2D eigenvalue weighted by atomic mass is 16.6. The first-order valence-corrected chi connectivity index (χ1v) is 7.88. The fourth-order valence-electron chi connectivity index (χ4n) is 2.68. The molecule has 0 fully saturated rings. The molecular formula is C18H18N2O5. The molecule has 0 bridgehead atoms. The van der Waals surface area contributed by atoms with Crippen LogP contribution in [0.4, 0.5) is 5.69 Å². The van der Waals surface area contributed by atoms with Crippen LogP contribution in [0.1, 0.15) is 28.9 Å². The molecule has 0 saturated heterocycles. The van der Waals surface area contributed by atoms with Crippen LogP contribution in [-0.2, 0) is 0 Å². The van der Waals surface area contributed by atoms with Crippen LogP contribution in [0.2, 0.25) is 0 Å². The molecule has 1 heterocycles. The average Bonchev–Trinajstić information content (AvgIpc) is 2.65. The molecule has 1 atom stereocenters. The molecule has 1 amide bonds. The van der Waals surface area contributed by atoms with Crippen molar-refractivity contribution in [1.82, 2.24) is 4.90 Å². The molecule has 0 radical (unpaired) electrons. The molecular weight excluding hydrogens is 324 g/mol. The molecule has 1 aliphatic heterocycles. The number of hydrogen-bond acceptors (Lipinski definition) is 5. The number of nitro groups is 1. The third-order valence-corrected chi connectivity index (χ3v) is 4.25. The zero-order valence-electron chi connectivity index (χ0n) is 14.0. The van der Waals surface area contributed by atoms with Gasteiger partial charge >= 0.3 is 0 Å². The molecule has 3 rings (SSSR count).